The molecule has 1 atom stereocenters. The Bertz CT molecular complexity index is 897. The van der Waals surface area contributed by atoms with Crippen LogP contribution >= 0.6 is 0 Å². The minimum atomic E-state index is -1.40. The van der Waals surface area contributed by atoms with Gasteiger partial charge in [-0.2, -0.15) is 0 Å². The number of benzene rings is 2. The van der Waals surface area contributed by atoms with E-state index >= 15 is 0 Å². The van der Waals surface area contributed by atoms with Gasteiger partial charge in [-0.25, -0.2) is 9.18 Å². The largest absolute Gasteiger partial charge is 0.480 e. The molecule has 6 nitrogen and oxygen atoms in total. The van der Waals surface area contributed by atoms with Crippen LogP contribution in [-0.2, 0) is 4.79 Å². The second-order valence-electron chi connectivity index (χ2n) is 6.41. The highest BCUT2D eigenvalue weighted by Gasteiger charge is 2.33. The smallest absolute Gasteiger partial charge is 0.329 e. The molecule has 2 amide bonds. The van der Waals surface area contributed by atoms with E-state index in [4.69, 9.17) is 0 Å². The summed E-state index contributed by atoms with van der Waals surface area (Å²) in [7, 11) is 0. The standard InChI is InChI=1S/C20H21FN2O4/c1-4-20(3,19(26)27)23-17(24)13-10-9-12(2)16(11-13)22-18(25)14-7-5-6-8-15(14)21/h5-11H,4H2,1-3H3,(H,22,25)(H,23,24)(H,26,27). The van der Waals surface area contributed by atoms with Crippen LogP contribution in [0.3, 0.4) is 0 Å². The number of anilines is 1. The summed E-state index contributed by atoms with van der Waals surface area (Å²) in [4.78, 5) is 36.1. The van der Waals surface area contributed by atoms with Gasteiger partial charge in [0.1, 0.15) is 11.4 Å². The number of carboxylic acids is 1. The van der Waals surface area contributed by atoms with Crippen molar-refractivity contribution in [3.8, 4) is 0 Å². The summed E-state index contributed by atoms with van der Waals surface area (Å²) in [5.74, 6) is -3.01. The van der Waals surface area contributed by atoms with Crippen LogP contribution in [0.15, 0.2) is 42.5 Å². The molecule has 27 heavy (non-hydrogen) atoms. The molecule has 2 rings (SSSR count). The Morgan fingerprint density at radius 2 is 1.78 bits per heavy atom. The van der Waals surface area contributed by atoms with Crippen molar-refractivity contribution in [1.82, 2.24) is 5.32 Å². The third kappa shape index (κ3) is 4.49. The summed E-state index contributed by atoms with van der Waals surface area (Å²) in [6.45, 7) is 4.80. The lowest BCUT2D eigenvalue weighted by Crippen LogP contribution is -2.51. The van der Waals surface area contributed by atoms with Crippen molar-refractivity contribution in [3.63, 3.8) is 0 Å². The highest BCUT2D eigenvalue weighted by atomic mass is 19.1. The summed E-state index contributed by atoms with van der Waals surface area (Å²) < 4.78 is 13.8. The van der Waals surface area contributed by atoms with Crippen LogP contribution in [0.5, 0.6) is 0 Å². The number of hydrogen-bond donors (Lipinski definition) is 3. The lowest BCUT2D eigenvalue weighted by molar-refractivity contribution is -0.143. The Morgan fingerprint density at radius 1 is 1.11 bits per heavy atom. The molecule has 0 bridgehead atoms. The van der Waals surface area contributed by atoms with E-state index in [9.17, 15) is 23.9 Å². The van der Waals surface area contributed by atoms with Crippen LogP contribution in [0.25, 0.3) is 0 Å². The molecule has 7 heteroatoms. The summed E-state index contributed by atoms with van der Waals surface area (Å²) in [5, 5.41) is 14.4. The molecular weight excluding hydrogens is 351 g/mol. The molecule has 0 radical (unpaired) electrons. The zero-order valence-electron chi connectivity index (χ0n) is 15.3. The van der Waals surface area contributed by atoms with Crippen molar-refractivity contribution in [2.75, 3.05) is 5.32 Å². The number of carbonyl (C=O) groups excluding carboxylic acids is 2. The Kier molecular flexibility index (Phi) is 5.95. The third-order valence-electron chi connectivity index (χ3n) is 4.43. The maximum Gasteiger partial charge on any atom is 0.329 e. The Balaban J connectivity index is 2.26. The van der Waals surface area contributed by atoms with Crippen LogP contribution in [-0.4, -0.2) is 28.4 Å². The predicted molar refractivity (Wildman–Crippen MR) is 99.3 cm³/mol. The van der Waals surface area contributed by atoms with E-state index in [1.807, 2.05) is 0 Å². The van der Waals surface area contributed by atoms with Gasteiger partial charge in [-0.05, 0) is 50.1 Å². The van der Waals surface area contributed by atoms with Crippen molar-refractivity contribution in [1.29, 1.82) is 0 Å². The molecule has 0 aromatic heterocycles. The fourth-order valence-electron chi connectivity index (χ4n) is 2.35. The van der Waals surface area contributed by atoms with Crippen molar-refractivity contribution >= 4 is 23.5 Å². The molecular formula is C20H21FN2O4. The molecule has 2 aromatic carbocycles. The second kappa shape index (κ2) is 7.99. The van der Waals surface area contributed by atoms with Gasteiger partial charge in [-0.3, -0.25) is 9.59 Å². The summed E-state index contributed by atoms with van der Waals surface area (Å²) in [5.41, 5.74) is -0.322. The zero-order chi connectivity index (χ0) is 20.2. The summed E-state index contributed by atoms with van der Waals surface area (Å²) >= 11 is 0. The maximum absolute atomic E-state index is 13.8. The number of amides is 2. The van der Waals surface area contributed by atoms with Crippen molar-refractivity contribution in [2.24, 2.45) is 0 Å². The highest BCUT2D eigenvalue weighted by molar-refractivity contribution is 6.06. The SMILES string of the molecule is CCC(C)(NC(=O)c1ccc(C)c(NC(=O)c2ccccc2F)c1)C(=O)O. The van der Waals surface area contributed by atoms with Crippen LogP contribution < -0.4 is 10.6 Å². The molecule has 0 spiro atoms. The lowest BCUT2D eigenvalue weighted by atomic mass is 9.98. The molecule has 0 fully saturated rings. The monoisotopic (exact) mass is 372 g/mol. The zero-order valence-corrected chi connectivity index (χ0v) is 15.3. The van der Waals surface area contributed by atoms with Gasteiger partial charge >= 0.3 is 5.97 Å². The number of aliphatic carboxylic acids is 1. The molecule has 0 aliphatic heterocycles. The number of halogens is 1. The van der Waals surface area contributed by atoms with Crippen LogP contribution in [0.1, 0.15) is 46.5 Å². The first-order valence-electron chi connectivity index (χ1n) is 8.40. The number of aryl methyl sites for hydroxylation is 1. The minimum Gasteiger partial charge on any atom is -0.480 e. The topological polar surface area (TPSA) is 95.5 Å². The molecule has 0 aliphatic rings. The average molecular weight is 372 g/mol. The molecule has 3 N–H and O–H groups in total. The van der Waals surface area contributed by atoms with Gasteiger partial charge in [0.25, 0.3) is 11.8 Å². The number of carbonyl (C=O) groups is 3. The first-order chi connectivity index (χ1) is 12.7. The fourth-order valence-corrected chi connectivity index (χ4v) is 2.35. The van der Waals surface area contributed by atoms with E-state index < -0.39 is 29.1 Å². The van der Waals surface area contributed by atoms with Gasteiger partial charge in [-0.15, -0.1) is 0 Å². The highest BCUT2D eigenvalue weighted by Crippen LogP contribution is 2.20. The minimum absolute atomic E-state index is 0.115. The maximum atomic E-state index is 13.8. The number of rotatable bonds is 6. The Morgan fingerprint density at radius 3 is 2.37 bits per heavy atom. The number of carboxylic acid groups (broad SMARTS) is 1. The van der Waals surface area contributed by atoms with Gasteiger partial charge < -0.3 is 15.7 Å². The van der Waals surface area contributed by atoms with E-state index in [1.165, 1.54) is 37.3 Å². The van der Waals surface area contributed by atoms with Gasteiger partial charge in [0, 0.05) is 11.3 Å². The third-order valence-corrected chi connectivity index (χ3v) is 4.43. The predicted octanol–water partition coefficient (Wildman–Crippen LogP) is 3.37. The fraction of sp³-hybridized carbons (Fsp3) is 0.250. The van der Waals surface area contributed by atoms with E-state index in [2.05, 4.69) is 10.6 Å². The first kappa shape index (κ1) is 20.1. The van der Waals surface area contributed by atoms with Crippen molar-refractivity contribution < 1.29 is 23.9 Å². The normalized spacial score (nSPS) is 12.7. The van der Waals surface area contributed by atoms with Crippen molar-refractivity contribution in [2.45, 2.75) is 32.7 Å². The quantitative estimate of drug-likeness (QED) is 0.724. The van der Waals surface area contributed by atoms with E-state index in [-0.39, 0.29) is 17.5 Å². The average Bonchev–Trinajstić information content (AvgIpc) is 2.63. The molecule has 0 aliphatic carbocycles. The van der Waals surface area contributed by atoms with E-state index in [0.29, 0.717) is 11.3 Å². The van der Waals surface area contributed by atoms with Crippen LogP contribution in [0, 0.1) is 12.7 Å². The summed E-state index contributed by atoms with van der Waals surface area (Å²) in [6, 6.07) is 10.2. The first-order valence-corrected chi connectivity index (χ1v) is 8.40. The lowest BCUT2D eigenvalue weighted by Gasteiger charge is -2.24. The van der Waals surface area contributed by atoms with Gasteiger partial charge in [0.05, 0.1) is 5.56 Å². The van der Waals surface area contributed by atoms with Gasteiger partial charge in [0.15, 0.2) is 0 Å². The van der Waals surface area contributed by atoms with Crippen molar-refractivity contribution in [3.05, 3.63) is 65.0 Å². The Labute approximate surface area is 156 Å². The Hall–Kier alpha value is -3.22. The van der Waals surface area contributed by atoms with Crippen LogP contribution in [0.4, 0.5) is 10.1 Å². The molecule has 0 saturated heterocycles. The van der Waals surface area contributed by atoms with Crippen LogP contribution in [0.2, 0.25) is 0 Å². The van der Waals surface area contributed by atoms with Gasteiger partial charge in [0.2, 0.25) is 0 Å². The second-order valence-corrected chi connectivity index (χ2v) is 6.41. The molecule has 0 heterocycles. The number of nitrogens with one attached hydrogen (secondary N) is 2. The molecule has 1 unspecified atom stereocenters. The van der Waals surface area contributed by atoms with Gasteiger partial charge in [-0.1, -0.05) is 25.1 Å². The molecule has 0 saturated carbocycles. The van der Waals surface area contributed by atoms with E-state index in [0.717, 1.165) is 0 Å². The molecule has 2 aromatic rings. The van der Waals surface area contributed by atoms with E-state index in [1.54, 1.807) is 26.0 Å². The molecule has 142 valence electrons. The summed E-state index contributed by atoms with van der Waals surface area (Å²) in [6.07, 6.45) is 0.205. The number of hydrogen-bond acceptors (Lipinski definition) is 3.